The maximum Gasteiger partial charge on any atom is 0.354 e. The molecule has 0 aromatic carbocycles. The van der Waals surface area contributed by atoms with Crippen LogP contribution in [0.5, 0.6) is 0 Å². The molecule has 0 aliphatic rings. The van der Waals surface area contributed by atoms with E-state index in [1.54, 1.807) is 0 Å². The van der Waals surface area contributed by atoms with Gasteiger partial charge in [-0.15, -0.1) is 0 Å². The Hall–Kier alpha value is -2.76. The van der Waals surface area contributed by atoms with Crippen LogP contribution in [0, 0.1) is 13.8 Å². The molecule has 0 amide bonds. The minimum absolute atomic E-state index is 0.269. The van der Waals surface area contributed by atoms with Crippen molar-refractivity contribution < 1.29 is 19.8 Å². The number of carboxylic acids is 2. The van der Waals surface area contributed by atoms with Crippen LogP contribution < -0.4 is 0 Å². The second-order valence-electron chi connectivity index (χ2n) is 3.94. The van der Waals surface area contributed by atoms with Crippen LogP contribution >= 0.6 is 0 Å². The highest BCUT2D eigenvalue weighted by Gasteiger charge is 2.08. The Morgan fingerprint density at radius 1 is 0.800 bits per heavy atom. The fourth-order valence-electron chi connectivity index (χ4n) is 1.35. The molecule has 0 aliphatic carbocycles. The van der Waals surface area contributed by atoms with Gasteiger partial charge in [-0.3, -0.25) is 4.98 Å². The third-order valence-corrected chi connectivity index (χ3v) is 2.21. The number of carboxylic acid groups (broad SMARTS) is 2. The Bertz CT molecular complexity index is 580. The molecule has 6 nitrogen and oxygen atoms in total. The van der Waals surface area contributed by atoms with Crippen molar-refractivity contribution in [3.05, 3.63) is 59.2 Å². The molecule has 0 fully saturated rings. The summed E-state index contributed by atoms with van der Waals surface area (Å²) in [4.78, 5) is 28.2. The molecule has 2 aromatic rings. The fourth-order valence-corrected chi connectivity index (χ4v) is 1.35. The first-order valence-electron chi connectivity index (χ1n) is 5.74. The lowest BCUT2D eigenvalue weighted by Gasteiger charge is -1.94. The zero-order chi connectivity index (χ0) is 15.1. The second kappa shape index (κ2) is 6.98. The zero-order valence-electron chi connectivity index (χ0n) is 11.1. The predicted molar refractivity (Wildman–Crippen MR) is 71.9 cm³/mol. The van der Waals surface area contributed by atoms with E-state index in [-0.39, 0.29) is 11.4 Å². The number of hydrogen-bond donors (Lipinski definition) is 2. The minimum atomic E-state index is -1.24. The standard InChI is InChI=1S/C7H5NO4.C7H9N/c9-6(10)4-2-1-3-5(8-4)7(11)12;1-6-4-3-5-7(2)8-6/h1-3H,(H,9,10)(H,11,12);3-5H,1-2H3. The Morgan fingerprint density at radius 3 is 1.50 bits per heavy atom. The Labute approximate surface area is 115 Å². The smallest absolute Gasteiger partial charge is 0.354 e. The first kappa shape index (κ1) is 15.3. The van der Waals surface area contributed by atoms with Gasteiger partial charge in [-0.2, -0.15) is 0 Å². The summed E-state index contributed by atoms with van der Waals surface area (Å²) in [6.45, 7) is 3.99. The number of aromatic nitrogens is 2. The van der Waals surface area contributed by atoms with Gasteiger partial charge in [-0.1, -0.05) is 12.1 Å². The molecule has 0 unspecified atom stereocenters. The first-order valence-corrected chi connectivity index (χ1v) is 5.74. The lowest BCUT2D eigenvalue weighted by Crippen LogP contribution is -2.06. The van der Waals surface area contributed by atoms with Crippen molar-refractivity contribution >= 4 is 11.9 Å². The second-order valence-corrected chi connectivity index (χ2v) is 3.94. The molecule has 0 bridgehead atoms. The molecule has 0 saturated heterocycles. The average Bonchev–Trinajstić information content (AvgIpc) is 2.39. The van der Waals surface area contributed by atoms with E-state index in [0.717, 1.165) is 11.4 Å². The SMILES string of the molecule is Cc1cccc(C)n1.O=C(O)c1cccc(C(=O)O)n1. The van der Waals surface area contributed by atoms with Crippen molar-refractivity contribution in [1.82, 2.24) is 9.97 Å². The topological polar surface area (TPSA) is 100 Å². The van der Waals surface area contributed by atoms with E-state index in [2.05, 4.69) is 9.97 Å². The van der Waals surface area contributed by atoms with Crippen LogP contribution in [-0.4, -0.2) is 32.1 Å². The molecule has 2 aromatic heterocycles. The van der Waals surface area contributed by atoms with Crippen LogP contribution in [0.25, 0.3) is 0 Å². The highest BCUT2D eigenvalue weighted by Crippen LogP contribution is 1.99. The molecule has 104 valence electrons. The predicted octanol–water partition coefficient (Wildman–Crippen LogP) is 2.18. The van der Waals surface area contributed by atoms with Crippen molar-refractivity contribution in [2.75, 3.05) is 0 Å². The van der Waals surface area contributed by atoms with Gasteiger partial charge in [0.2, 0.25) is 0 Å². The number of pyridine rings is 2. The number of carbonyl (C=O) groups is 2. The third-order valence-electron chi connectivity index (χ3n) is 2.21. The van der Waals surface area contributed by atoms with Crippen LogP contribution in [0.1, 0.15) is 32.4 Å². The van der Waals surface area contributed by atoms with E-state index in [0.29, 0.717) is 0 Å². The van der Waals surface area contributed by atoms with Gasteiger partial charge in [0.05, 0.1) is 0 Å². The van der Waals surface area contributed by atoms with Crippen molar-refractivity contribution in [3.63, 3.8) is 0 Å². The van der Waals surface area contributed by atoms with E-state index < -0.39 is 11.9 Å². The van der Waals surface area contributed by atoms with Crippen molar-refractivity contribution in [2.45, 2.75) is 13.8 Å². The van der Waals surface area contributed by atoms with Crippen LogP contribution in [0.15, 0.2) is 36.4 Å². The number of hydrogen-bond acceptors (Lipinski definition) is 4. The number of rotatable bonds is 2. The maximum atomic E-state index is 10.3. The summed E-state index contributed by atoms with van der Waals surface area (Å²) in [5, 5.41) is 16.9. The molecule has 2 heterocycles. The number of aromatic carboxylic acids is 2. The minimum Gasteiger partial charge on any atom is -0.477 e. The Morgan fingerprint density at radius 2 is 1.20 bits per heavy atom. The van der Waals surface area contributed by atoms with Crippen LogP contribution in [-0.2, 0) is 0 Å². The van der Waals surface area contributed by atoms with Gasteiger partial charge < -0.3 is 10.2 Å². The number of aryl methyl sites for hydroxylation is 2. The van der Waals surface area contributed by atoms with E-state index in [1.165, 1.54) is 18.2 Å². The molecule has 0 atom stereocenters. The molecule has 2 N–H and O–H groups in total. The fraction of sp³-hybridized carbons (Fsp3) is 0.143. The monoisotopic (exact) mass is 274 g/mol. The molecule has 6 heteroatoms. The summed E-state index contributed by atoms with van der Waals surface area (Å²) >= 11 is 0. The first-order chi connectivity index (χ1) is 9.40. The van der Waals surface area contributed by atoms with Crippen molar-refractivity contribution in [1.29, 1.82) is 0 Å². The molecule has 0 radical (unpaired) electrons. The molecule has 0 saturated carbocycles. The van der Waals surface area contributed by atoms with E-state index in [4.69, 9.17) is 10.2 Å². The van der Waals surface area contributed by atoms with Gasteiger partial charge in [0, 0.05) is 11.4 Å². The number of nitrogens with zero attached hydrogens (tertiary/aromatic N) is 2. The summed E-state index contributed by atoms with van der Waals surface area (Å²) in [5.74, 6) is -2.48. The van der Waals surface area contributed by atoms with Crippen molar-refractivity contribution in [3.8, 4) is 0 Å². The average molecular weight is 274 g/mol. The molecular formula is C14H14N2O4. The summed E-state index contributed by atoms with van der Waals surface area (Å²) in [6, 6.07) is 9.79. The maximum absolute atomic E-state index is 10.3. The van der Waals surface area contributed by atoms with E-state index in [1.807, 2.05) is 32.0 Å². The van der Waals surface area contributed by atoms with E-state index in [9.17, 15) is 9.59 Å². The van der Waals surface area contributed by atoms with Gasteiger partial charge >= 0.3 is 11.9 Å². The highest BCUT2D eigenvalue weighted by molar-refractivity contribution is 5.89. The van der Waals surface area contributed by atoms with E-state index >= 15 is 0 Å². The van der Waals surface area contributed by atoms with Crippen LogP contribution in [0.2, 0.25) is 0 Å². The van der Waals surface area contributed by atoms with Gasteiger partial charge in [-0.25, -0.2) is 14.6 Å². The van der Waals surface area contributed by atoms with Gasteiger partial charge in [0.15, 0.2) is 0 Å². The third kappa shape index (κ3) is 4.85. The Balaban J connectivity index is 0.000000217. The summed E-state index contributed by atoms with van der Waals surface area (Å²) in [5.41, 5.74) is 1.64. The molecule has 0 aliphatic heterocycles. The molecule has 20 heavy (non-hydrogen) atoms. The summed E-state index contributed by atoms with van der Waals surface area (Å²) < 4.78 is 0. The molecule has 2 rings (SSSR count). The van der Waals surface area contributed by atoms with Gasteiger partial charge in [0.25, 0.3) is 0 Å². The summed E-state index contributed by atoms with van der Waals surface area (Å²) in [7, 11) is 0. The van der Waals surface area contributed by atoms with Crippen molar-refractivity contribution in [2.24, 2.45) is 0 Å². The van der Waals surface area contributed by atoms with Gasteiger partial charge in [0.1, 0.15) is 11.4 Å². The van der Waals surface area contributed by atoms with Gasteiger partial charge in [-0.05, 0) is 38.1 Å². The lowest BCUT2D eigenvalue weighted by atomic mass is 10.3. The summed E-state index contributed by atoms with van der Waals surface area (Å²) in [6.07, 6.45) is 0. The highest BCUT2D eigenvalue weighted by atomic mass is 16.4. The largest absolute Gasteiger partial charge is 0.477 e. The molecular weight excluding hydrogens is 260 g/mol. The molecule has 0 spiro atoms. The lowest BCUT2D eigenvalue weighted by molar-refractivity contribution is 0.0685. The van der Waals surface area contributed by atoms with Crippen LogP contribution in [0.3, 0.4) is 0 Å². The Kier molecular flexibility index (Phi) is 5.34. The normalized spacial score (nSPS) is 9.30. The van der Waals surface area contributed by atoms with Crippen LogP contribution in [0.4, 0.5) is 0 Å². The zero-order valence-corrected chi connectivity index (χ0v) is 11.1. The quantitative estimate of drug-likeness (QED) is 0.870.